The predicted molar refractivity (Wildman–Crippen MR) is 124 cm³/mol. The van der Waals surface area contributed by atoms with Crippen LogP contribution in [0.1, 0.15) is 16.8 Å². The molecule has 32 heavy (non-hydrogen) atoms. The van der Waals surface area contributed by atoms with Crippen molar-refractivity contribution in [2.45, 2.75) is 20.4 Å². The summed E-state index contributed by atoms with van der Waals surface area (Å²) in [6.45, 7) is 12.7. The normalized spacial score (nSPS) is 17.8. The maximum Gasteiger partial charge on any atom is 0.215 e. The fraction of sp³-hybridized carbons (Fsp3) is 0.542. The standard InChI is InChI=1S/C24H33N5O3/c1-19-3-4-21(15-20(19)2)27-25-18-22-16-23(29-8-12-31-13-9-29)17-24(26-22)32-14-7-28-5-10-30-11-6-28/h3-4,15-17H,5-14,18H2,1-2H3. The van der Waals surface area contributed by atoms with E-state index in [1.54, 1.807) is 0 Å². The number of rotatable bonds is 8. The highest BCUT2D eigenvalue weighted by Gasteiger charge is 2.15. The number of hydrogen-bond acceptors (Lipinski definition) is 8. The minimum absolute atomic E-state index is 0.408. The van der Waals surface area contributed by atoms with Gasteiger partial charge in [0.1, 0.15) is 13.2 Å². The monoisotopic (exact) mass is 439 g/mol. The van der Waals surface area contributed by atoms with E-state index in [4.69, 9.17) is 19.2 Å². The molecule has 2 saturated heterocycles. The molecule has 3 heterocycles. The van der Waals surface area contributed by atoms with E-state index >= 15 is 0 Å². The molecule has 2 fully saturated rings. The second-order valence-corrected chi connectivity index (χ2v) is 8.22. The molecule has 0 N–H and O–H groups in total. The SMILES string of the molecule is Cc1ccc(N=NCc2cc(N3CCOCC3)cc(OCCN3CCOCC3)n2)cc1C. The minimum atomic E-state index is 0.408. The summed E-state index contributed by atoms with van der Waals surface area (Å²) in [5.74, 6) is 0.638. The van der Waals surface area contributed by atoms with Gasteiger partial charge in [-0.1, -0.05) is 6.07 Å². The van der Waals surface area contributed by atoms with E-state index in [9.17, 15) is 0 Å². The molecule has 1 aromatic carbocycles. The third-order valence-corrected chi connectivity index (χ3v) is 5.89. The van der Waals surface area contributed by atoms with Gasteiger partial charge in [0.2, 0.25) is 5.88 Å². The topological polar surface area (TPSA) is 71.8 Å². The molecule has 172 valence electrons. The van der Waals surface area contributed by atoms with E-state index in [0.29, 0.717) is 19.0 Å². The van der Waals surface area contributed by atoms with Gasteiger partial charge in [-0.2, -0.15) is 10.2 Å². The lowest BCUT2D eigenvalue weighted by atomic mass is 10.1. The zero-order chi connectivity index (χ0) is 22.2. The van der Waals surface area contributed by atoms with Crippen molar-refractivity contribution in [1.82, 2.24) is 9.88 Å². The van der Waals surface area contributed by atoms with Crippen LogP contribution in [0.15, 0.2) is 40.6 Å². The van der Waals surface area contributed by atoms with Gasteiger partial charge in [0, 0.05) is 44.5 Å². The third kappa shape index (κ3) is 6.48. The number of hydrogen-bond donors (Lipinski definition) is 0. The number of pyridine rings is 1. The lowest BCUT2D eigenvalue weighted by Crippen LogP contribution is -2.38. The van der Waals surface area contributed by atoms with Crippen LogP contribution in [-0.2, 0) is 16.0 Å². The molecule has 0 spiro atoms. The highest BCUT2D eigenvalue weighted by atomic mass is 16.5. The molecule has 0 bridgehead atoms. The second kappa shape index (κ2) is 11.4. The van der Waals surface area contributed by atoms with Gasteiger partial charge in [-0.05, 0) is 43.2 Å². The second-order valence-electron chi connectivity index (χ2n) is 8.22. The highest BCUT2D eigenvalue weighted by Crippen LogP contribution is 2.24. The number of morpholine rings is 2. The largest absolute Gasteiger partial charge is 0.476 e. The van der Waals surface area contributed by atoms with Gasteiger partial charge >= 0.3 is 0 Å². The molecule has 4 rings (SSSR count). The van der Waals surface area contributed by atoms with Crippen LogP contribution in [0.3, 0.4) is 0 Å². The highest BCUT2D eigenvalue weighted by molar-refractivity contribution is 5.50. The summed E-state index contributed by atoms with van der Waals surface area (Å²) in [5, 5.41) is 8.80. The van der Waals surface area contributed by atoms with E-state index in [-0.39, 0.29) is 0 Å². The lowest BCUT2D eigenvalue weighted by molar-refractivity contribution is 0.0320. The summed E-state index contributed by atoms with van der Waals surface area (Å²) in [5.41, 5.74) is 5.27. The van der Waals surface area contributed by atoms with E-state index < -0.39 is 0 Å². The molecule has 0 aliphatic carbocycles. The maximum atomic E-state index is 6.05. The zero-order valence-electron chi connectivity index (χ0n) is 19.1. The van der Waals surface area contributed by atoms with Crippen LogP contribution in [0, 0.1) is 13.8 Å². The van der Waals surface area contributed by atoms with E-state index in [0.717, 1.165) is 76.2 Å². The first-order valence-electron chi connectivity index (χ1n) is 11.4. The van der Waals surface area contributed by atoms with Gasteiger partial charge in [-0.15, -0.1) is 0 Å². The zero-order valence-corrected chi connectivity index (χ0v) is 19.1. The van der Waals surface area contributed by atoms with Gasteiger partial charge in [0.25, 0.3) is 0 Å². The Kier molecular flexibility index (Phi) is 8.03. The van der Waals surface area contributed by atoms with E-state index in [1.165, 1.54) is 11.1 Å². The van der Waals surface area contributed by atoms with Crippen molar-refractivity contribution in [3.05, 3.63) is 47.2 Å². The van der Waals surface area contributed by atoms with Crippen molar-refractivity contribution in [3.63, 3.8) is 0 Å². The predicted octanol–water partition coefficient (Wildman–Crippen LogP) is 3.53. The molecule has 2 aromatic rings. The summed E-state index contributed by atoms with van der Waals surface area (Å²) >= 11 is 0. The van der Waals surface area contributed by atoms with Gasteiger partial charge in [0.05, 0.1) is 37.8 Å². The molecule has 2 aliphatic rings. The van der Waals surface area contributed by atoms with Crippen LogP contribution in [0.4, 0.5) is 11.4 Å². The number of benzene rings is 1. The molecule has 0 unspecified atom stereocenters. The quantitative estimate of drug-likeness (QED) is 0.586. The Morgan fingerprint density at radius 1 is 0.938 bits per heavy atom. The Morgan fingerprint density at radius 2 is 1.69 bits per heavy atom. The Morgan fingerprint density at radius 3 is 2.44 bits per heavy atom. The Labute approximate surface area is 190 Å². The fourth-order valence-electron chi connectivity index (χ4n) is 3.79. The first-order chi connectivity index (χ1) is 15.7. The summed E-state index contributed by atoms with van der Waals surface area (Å²) in [6.07, 6.45) is 0. The maximum absolute atomic E-state index is 6.05. The number of aromatic nitrogens is 1. The minimum Gasteiger partial charge on any atom is -0.476 e. The molecular weight excluding hydrogens is 406 g/mol. The number of anilines is 1. The van der Waals surface area contributed by atoms with Crippen molar-refractivity contribution >= 4 is 11.4 Å². The van der Waals surface area contributed by atoms with E-state index in [1.807, 2.05) is 12.1 Å². The molecular formula is C24H33N5O3. The molecule has 0 amide bonds. The van der Waals surface area contributed by atoms with Crippen LogP contribution < -0.4 is 9.64 Å². The molecule has 0 saturated carbocycles. The van der Waals surface area contributed by atoms with Crippen molar-refractivity contribution in [1.29, 1.82) is 0 Å². The van der Waals surface area contributed by atoms with Crippen LogP contribution in [0.5, 0.6) is 5.88 Å². The van der Waals surface area contributed by atoms with Gasteiger partial charge < -0.3 is 19.1 Å². The summed E-state index contributed by atoms with van der Waals surface area (Å²) in [4.78, 5) is 9.36. The molecule has 8 nitrogen and oxygen atoms in total. The third-order valence-electron chi connectivity index (χ3n) is 5.89. The Hall–Kier alpha value is -2.55. The average molecular weight is 440 g/mol. The molecule has 2 aliphatic heterocycles. The van der Waals surface area contributed by atoms with Crippen LogP contribution in [-0.4, -0.2) is 75.6 Å². The Bertz CT molecular complexity index is 909. The number of ether oxygens (including phenoxy) is 3. The molecule has 0 atom stereocenters. The van der Waals surface area contributed by atoms with Gasteiger partial charge in [-0.25, -0.2) is 4.98 Å². The Balaban J connectivity index is 1.43. The van der Waals surface area contributed by atoms with Crippen molar-refractivity contribution in [2.75, 3.05) is 70.7 Å². The van der Waals surface area contributed by atoms with E-state index in [2.05, 4.69) is 52.1 Å². The lowest BCUT2D eigenvalue weighted by Gasteiger charge is -2.29. The van der Waals surface area contributed by atoms with Crippen molar-refractivity contribution in [2.24, 2.45) is 10.2 Å². The smallest absolute Gasteiger partial charge is 0.215 e. The molecule has 8 heteroatoms. The van der Waals surface area contributed by atoms with Gasteiger partial charge in [-0.3, -0.25) is 4.90 Å². The molecule has 1 aromatic heterocycles. The van der Waals surface area contributed by atoms with Crippen LogP contribution in [0.25, 0.3) is 0 Å². The van der Waals surface area contributed by atoms with Crippen molar-refractivity contribution in [3.8, 4) is 5.88 Å². The van der Waals surface area contributed by atoms with Gasteiger partial charge in [0.15, 0.2) is 0 Å². The average Bonchev–Trinajstić information content (AvgIpc) is 2.83. The number of azo groups is 1. The number of aryl methyl sites for hydroxylation is 2. The summed E-state index contributed by atoms with van der Waals surface area (Å²) < 4.78 is 17.0. The number of nitrogens with zero attached hydrogens (tertiary/aromatic N) is 5. The summed E-state index contributed by atoms with van der Waals surface area (Å²) in [6, 6.07) is 10.2. The van der Waals surface area contributed by atoms with Crippen LogP contribution >= 0.6 is 0 Å². The van der Waals surface area contributed by atoms with Crippen LogP contribution in [0.2, 0.25) is 0 Å². The summed E-state index contributed by atoms with van der Waals surface area (Å²) in [7, 11) is 0. The fourth-order valence-corrected chi connectivity index (χ4v) is 3.79. The first kappa shape index (κ1) is 22.6. The first-order valence-corrected chi connectivity index (χ1v) is 11.4. The molecule has 0 radical (unpaired) electrons. The van der Waals surface area contributed by atoms with Crippen molar-refractivity contribution < 1.29 is 14.2 Å².